The van der Waals surface area contributed by atoms with Gasteiger partial charge in [0.2, 0.25) is 5.91 Å². The van der Waals surface area contributed by atoms with Gasteiger partial charge in [0.25, 0.3) is 0 Å². The zero-order valence-electron chi connectivity index (χ0n) is 13.5. The predicted octanol–water partition coefficient (Wildman–Crippen LogP) is 4.31. The highest BCUT2D eigenvalue weighted by molar-refractivity contribution is 7.10. The first-order chi connectivity index (χ1) is 11.2. The number of hydrogen-bond donors (Lipinski definition) is 0. The maximum Gasteiger partial charge on any atom is 0.247 e. The van der Waals surface area contributed by atoms with E-state index < -0.39 is 0 Å². The highest BCUT2D eigenvalue weighted by atomic mass is 32.1. The van der Waals surface area contributed by atoms with Crippen molar-refractivity contribution in [3.05, 3.63) is 57.8 Å². The van der Waals surface area contributed by atoms with Crippen LogP contribution in [0.1, 0.15) is 35.9 Å². The maximum atomic E-state index is 12.5. The van der Waals surface area contributed by atoms with Crippen molar-refractivity contribution in [2.75, 3.05) is 13.2 Å². The van der Waals surface area contributed by atoms with Gasteiger partial charge in [-0.15, -0.1) is 11.3 Å². The van der Waals surface area contributed by atoms with Gasteiger partial charge < -0.3 is 9.64 Å². The molecule has 0 saturated carbocycles. The first-order valence-electron chi connectivity index (χ1n) is 7.97. The van der Waals surface area contributed by atoms with E-state index in [0.29, 0.717) is 6.61 Å². The average molecular weight is 327 g/mol. The Kier molecular flexibility index (Phi) is 4.82. The van der Waals surface area contributed by atoms with Gasteiger partial charge in [0, 0.05) is 17.5 Å². The summed E-state index contributed by atoms with van der Waals surface area (Å²) in [5.74, 6) is 0.925. The van der Waals surface area contributed by atoms with Crippen LogP contribution >= 0.6 is 11.3 Å². The molecule has 0 unspecified atom stereocenters. The minimum absolute atomic E-state index is 0.0724. The smallest absolute Gasteiger partial charge is 0.247 e. The summed E-state index contributed by atoms with van der Waals surface area (Å²) < 4.78 is 5.42. The SMILES string of the molecule is CCOc1ccc(/C=C/C(=O)N2CCc3sccc3[C@@H]2C)cc1. The molecule has 1 aliphatic heterocycles. The molecule has 23 heavy (non-hydrogen) atoms. The number of amides is 1. The van der Waals surface area contributed by atoms with Gasteiger partial charge in [-0.1, -0.05) is 12.1 Å². The molecule has 3 rings (SSSR count). The van der Waals surface area contributed by atoms with E-state index in [2.05, 4.69) is 18.4 Å². The van der Waals surface area contributed by atoms with Crippen LogP contribution in [0.4, 0.5) is 0 Å². The molecule has 0 spiro atoms. The van der Waals surface area contributed by atoms with Crippen LogP contribution in [-0.2, 0) is 11.2 Å². The zero-order chi connectivity index (χ0) is 16.2. The topological polar surface area (TPSA) is 29.5 Å². The minimum Gasteiger partial charge on any atom is -0.494 e. The molecule has 1 amide bonds. The lowest BCUT2D eigenvalue weighted by molar-refractivity contribution is -0.128. The van der Waals surface area contributed by atoms with Crippen LogP contribution in [0.15, 0.2) is 41.8 Å². The summed E-state index contributed by atoms with van der Waals surface area (Å²) in [6, 6.07) is 10.1. The molecule has 1 aliphatic rings. The number of carbonyl (C=O) groups is 1. The van der Waals surface area contributed by atoms with Crippen LogP contribution in [0.5, 0.6) is 5.75 Å². The van der Waals surface area contributed by atoms with Gasteiger partial charge in [-0.3, -0.25) is 4.79 Å². The van der Waals surface area contributed by atoms with Crippen LogP contribution in [0.25, 0.3) is 6.08 Å². The second-order valence-electron chi connectivity index (χ2n) is 5.59. The fourth-order valence-corrected chi connectivity index (χ4v) is 3.88. The molecule has 3 nitrogen and oxygen atoms in total. The third-order valence-corrected chi connectivity index (χ3v) is 5.17. The molecule has 0 saturated heterocycles. The summed E-state index contributed by atoms with van der Waals surface area (Å²) in [5.41, 5.74) is 2.30. The number of benzene rings is 1. The fourth-order valence-electron chi connectivity index (χ4n) is 2.92. The van der Waals surface area contributed by atoms with Gasteiger partial charge in [0.1, 0.15) is 5.75 Å². The van der Waals surface area contributed by atoms with Crippen molar-refractivity contribution in [2.24, 2.45) is 0 Å². The Hall–Kier alpha value is -2.07. The Balaban J connectivity index is 1.67. The number of thiophene rings is 1. The molecule has 4 heteroatoms. The van der Waals surface area contributed by atoms with Gasteiger partial charge in [-0.05, 0) is 61.1 Å². The Morgan fingerprint density at radius 3 is 2.87 bits per heavy atom. The van der Waals surface area contributed by atoms with E-state index in [0.717, 1.165) is 24.3 Å². The quantitative estimate of drug-likeness (QED) is 0.783. The summed E-state index contributed by atoms with van der Waals surface area (Å²) in [6.07, 6.45) is 4.50. The van der Waals surface area contributed by atoms with Crippen molar-refractivity contribution in [3.63, 3.8) is 0 Å². The fraction of sp³-hybridized carbons (Fsp3) is 0.316. The van der Waals surface area contributed by atoms with Gasteiger partial charge in [-0.2, -0.15) is 0 Å². The molecule has 1 atom stereocenters. The Morgan fingerprint density at radius 2 is 2.13 bits per heavy atom. The second kappa shape index (κ2) is 7.01. The Bertz CT molecular complexity index is 702. The van der Waals surface area contributed by atoms with Crippen LogP contribution < -0.4 is 4.74 Å². The molecule has 120 valence electrons. The van der Waals surface area contributed by atoms with E-state index in [1.54, 1.807) is 17.4 Å². The van der Waals surface area contributed by atoms with E-state index in [9.17, 15) is 4.79 Å². The van der Waals surface area contributed by atoms with Gasteiger partial charge in [0.05, 0.1) is 12.6 Å². The van der Waals surface area contributed by atoms with Gasteiger partial charge in [0.15, 0.2) is 0 Å². The van der Waals surface area contributed by atoms with Crippen LogP contribution in [0.2, 0.25) is 0 Å². The third-order valence-electron chi connectivity index (χ3n) is 4.17. The molecule has 0 aliphatic carbocycles. The van der Waals surface area contributed by atoms with Crippen LogP contribution in [-0.4, -0.2) is 24.0 Å². The highest BCUT2D eigenvalue weighted by Crippen LogP contribution is 2.32. The van der Waals surface area contributed by atoms with Gasteiger partial charge >= 0.3 is 0 Å². The third kappa shape index (κ3) is 3.48. The molecule has 2 heterocycles. The van der Waals surface area contributed by atoms with E-state index in [4.69, 9.17) is 4.74 Å². The molecule has 1 aromatic heterocycles. The number of carbonyl (C=O) groups excluding carboxylic acids is 1. The van der Waals surface area contributed by atoms with Crippen molar-refractivity contribution < 1.29 is 9.53 Å². The summed E-state index contributed by atoms with van der Waals surface area (Å²) >= 11 is 1.79. The molecular weight excluding hydrogens is 306 g/mol. The molecule has 2 aromatic rings. The lowest BCUT2D eigenvalue weighted by Gasteiger charge is -2.32. The molecule has 0 fully saturated rings. The van der Waals surface area contributed by atoms with E-state index >= 15 is 0 Å². The summed E-state index contributed by atoms with van der Waals surface area (Å²) in [6.45, 7) is 5.52. The molecule has 0 bridgehead atoms. The van der Waals surface area contributed by atoms with Crippen molar-refractivity contribution in [3.8, 4) is 5.75 Å². The molecular formula is C19H21NO2S. The lowest BCUT2D eigenvalue weighted by atomic mass is 10.0. The van der Waals surface area contributed by atoms with Crippen molar-refractivity contribution in [2.45, 2.75) is 26.3 Å². The standard InChI is InChI=1S/C19H21NO2S/c1-3-22-16-7-4-15(5-8-16)6-9-19(21)20-12-10-18-17(14(20)2)11-13-23-18/h4-9,11,13-14H,3,10,12H2,1-2H3/b9-6+/t14-/m0/s1. The first-order valence-corrected chi connectivity index (χ1v) is 8.85. The van der Waals surface area contributed by atoms with Crippen LogP contribution in [0, 0.1) is 0 Å². The minimum atomic E-state index is 0.0724. The zero-order valence-corrected chi connectivity index (χ0v) is 14.3. The molecule has 0 N–H and O–H groups in total. The van der Waals surface area contributed by atoms with E-state index in [-0.39, 0.29) is 11.9 Å². The Morgan fingerprint density at radius 1 is 1.35 bits per heavy atom. The summed E-state index contributed by atoms with van der Waals surface area (Å²) in [4.78, 5) is 15.9. The number of rotatable bonds is 4. The van der Waals surface area contributed by atoms with Crippen LogP contribution in [0.3, 0.4) is 0 Å². The first kappa shape index (κ1) is 15.8. The summed E-state index contributed by atoms with van der Waals surface area (Å²) in [5, 5.41) is 2.12. The number of fused-ring (bicyclic) bond motifs is 1. The van der Waals surface area contributed by atoms with Crippen molar-refractivity contribution in [1.29, 1.82) is 0 Å². The molecule has 1 aromatic carbocycles. The number of ether oxygens (including phenoxy) is 1. The lowest BCUT2D eigenvalue weighted by Crippen LogP contribution is -2.37. The van der Waals surface area contributed by atoms with Crippen molar-refractivity contribution in [1.82, 2.24) is 4.90 Å². The molecule has 0 radical (unpaired) electrons. The normalized spacial score (nSPS) is 17.3. The number of nitrogens with zero attached hydrogens (tertiary/aromatic N) is 1. The number of hydrogen-bond acceptors (Lipinski definition) is 3. The second-order valence-corrected chi connectivity index (χ2v) is 6.59. The maximum absolute atomic E-state index is 12.5. The Labute approximate surface area is 141 Å². The highest BCUT2D eigenvalue weighted by Gasteiger charge is 2.26. The van der Waals surface area contributed by atoms with E-state index in [1.807, 2.05) is 42.2 Å². The van der Waals surface area contributed by atoms with Gasteiger partial charge in [-0.25, -0.2) is 0 Å². The van der Waals surface area contributed by atoms with Crippen molar-refractivity contribution >= 4 is 23.3 Å². The predicted molar refractivity (Wildman–Crippen MR) is 94.8 cm³/mol. The average Bonchev–Trinajstić information content (AvgIpc) is 3.04. The van der Waals surface area contributed by atoms with E-state index in [1.165, 1.54) is 10.4 Å². The largest absolute Gasteiger partial charge is 0.494 e. The monoisotopic (exact) mass is 327 g/mol. The summed E-state index contributed by atoms with van der Waals surface area (Å²) in [7, 11) is 0.